The van der Waals surface area contributed by atoms with Crippen LogP contribution in [0.4, 0.5) is 0 Å². The number of allylic oxidation sites excluding steroid dienone is 2. The largest absolute Gasteiger partial charge is 0.294 e. The van der Waals surface area contributed by atoms with Crippen molar-refractivity contribution >= 4 is 16.7 Å². The van der Waals surface area contributed by atoms with Crippen molar-refractivity contribution in [3.05, 3.63) is 53.7 Å². The Bertz CT molecular complexity index is 657. The van der Waals surface area contributed by atoms with Gasteiger partial charge in [-0.3, -0.25) is 9.78 Å². The molecule has 1 heterocycles. The van der Waals surface area contributed by atoms with Crippen LogP contribution in [0.2, 0.25) is 0 Å². The van der Waals surface area contributed by atoms with Crippen LogP contribution in [-0.4, -0.2) is 10.8 Å². The van der Waals surface area contributed by atoms with E-state index in [2.05, 4.69) is 11.1 Å². The minimum absolute atomic E-state index is 0.245. The van der Waals surface area contributed by atoms with Crippen LogP contribution < -0.4 is 0 Å². The Morgan fingerprint density at radius 3 is 2.90 bits per heavy atom. The smallest absolute Gasteiger partial charge is 0.164 e. The quantitative estimate of drug-likeness (QED) is 0.831. The average Bonchev–Trinajstić information content (AvgIpc) is 2.76. The van der Waals surface area contributed by atoms with Crippen LogP contribution in [0.5, 0.6) is 0 Å². The number of para-hydroxylation sites is 1. The molecule has 0 aliphatic heterocycles. The highest BCUT2D eigenvalue weighted by molar-refractivity contribution is 5.96. The van der Waals surface area contributed by atoms with Gasteiger partial charge in [-0.25, -0.2) is 0 Å². The molecule has 0 bridgehead atoms. The lowest BCUT2D eigenvalue weighted by Crippen LogP contribution is -2.07. The van der Waals surface area contributed by atoms with Gasteiger partial charge in [-0.1, -0.05) is 36.8 Å². The zero-order valence-electron chi connectivity index (χ0n) is 11.6. The van der Waals surface area contributed by atoms with Gasteiger partial charge < -0.3 is 0 Å². The molecular weight excluding hydrogens is 246 g/mol. The molecule has 0 atom stereocenters. The van der Waals surface area contributed by atoms with Gasteiger partial charge in [-0.05, 0) is 43.4 Å². The maximum Gasteiger partial charge on any atom is 0.164 e. The van der Waals surface area contributed by atoms with Crippen molar-refractivity contribution in [2.45, 2.75) is 38.5 Å². The van der Waals surface area contributed by atoms with Crippen LogP contribution in [0.3, 0.4) is 0 Å². The van der Waals surface area contributed by atoms with Gasteiger partial charge in [-0.2, -0.15) is 0 Å². The number of ketones is 1. The number of nitrogens with zero attached hydrogens (tertiary/aromatic N) is 1. The first-order valence-corrected chi connectivity index (χ1v) is 7.40. The van der Waals surface area contributed by atoms with E-state index < -0.39 is 0 Å². The second kappa shape index (κ2) is 6.00. The number of pyridine rings is 1. The standard InChI is InChI=1S/C18H19NO/c20-18(15-8-3-1-2-4-9-15)13-16-12-11-14-7-5-6-10-17(14)19-16/h5-8,10-12H,1-4,9,13H2. The molecule has 20 heavy (non-hydrogen) atoms. The van der Waals surface area contributed by atoms with Gasteiger partial charge in [0, 0.05) is 11.1 Å². The second-order valence-corrected chi connectivity index (χ2v) is 5.42. The Kier molecular flexibility index (Phi) is 3.91. The maximum atomic E-state index is 12.3. The van der Waals surface area contributed by atoms with E-state index in [0.717, 1.165) is 41.4 Å². The number of rotatable bonds is 3. The molecule has 0 spiro atoms. The Morgan fingerprint density at radius 1 is 1.05 bits per heavy atom. The number of fused-ring (bicyclic) bond motifs is 1. The third-order valence-corrected chi connectivity index (χ3v) is 3.90. The SMILES string of the molecule is O=C(Cc1ccc2ccccc2n1)C1=CCCCCC1. The molecule has 0 amide bonds. The predicted molar refractivity (Wildman–Crippen MR) is 81.6 cm³/mol. The summed E-state index contributed by atoms with van der Waals surface area (Å²) in [5, 5.41) is 1.12. The van der Waals surface area contributed by atoms with Gasteiger partial charge in [0.05, 0.1) is 11.9 Å². The fraction of sp³-hybridized carbons (Fsp3) is 0.333. The topological polar surface area (TPSA) is 30.0 Å². The first kappa shape index (κ1) is 13.0. The van der Waals surface area contributed by atoms with Crippen molar-refractivity contribution in [2.75, 3.05) is 0 Å². The van der Waals surface area contributed by atoms with E-state index in [0.29, 0.717) is 6.42 Å². The van der Waals surface area contributed by atoms with Gasteiger partial charge >= 0.3 is 0 Å². The highest BCUT2D eigenvalue weighted by Gasteiger charge is 2.13. The fourth-order valence-electron chi connectivity index (χ4n) is 2.75. The molecule has 1 aliphatic rings. The van der Waals surface area contributed by atoms with Crippen LogP contribution in [-0.2, 0) is 11.2 Å². The maximum absolute atomic E-state index is 12.3. The van der Waals surface area contributed by atoms with Crippen molar-refractivity contribution < 1.29 is 4.79 Å². The third kappa shape index (κ3) is 2.96. The Hall–Kier alpha value is -1.96. The molecule has 0 unspecified atom stereocenters. The molecule has 0 saturated heterocycles. The summed E-state index contributed by atoms with van der Waals surface area (Å²) in [6, 6.07) is 12.0. The van der Waals surface area contributed by atoms with Crippen LogP contribution in [0.25, 0.3) is 10.9 Å². The highest BCUT2D eigenvalue weighted by atomic mass is 16.1. The molecule has 0 saturated carbocycles. The second-order valence-electron chi connectivity index (χ2n) is 5.42. The monoisotopic (exact) mass is 265 g/mol. The molecule has 1 aliphatic carbocycles. The number of carbonyl (C=O) groups is 1. The summed E-state index contributed by atoms with van der Waals surface area (Å²) in [5.41, 5.74) is 2.85. The zero-order chi connectivity index (χ0) is 13.8. The first-order valence-electron chi connectivity index (χ1n) is 7.40. The summed E-state index contributed by atoms with van der Waals surface area (Å²) >= 11 is 0. The summed E-state index contributed by atoms with van der Waals surface area (Å²) < 4.78 is 0. The number of hydrogen-bond acceptors (Lipinski definition) is 2. The number of Topliss-reactive ketones (excluding diaryl/α,β-unsaturated/α-hetero) is 1. The molecule has 2 aromatic rings. The van der Waals surface area contributed by atoms with E-state index in [9.17, 15) is 4.79 Å². The van der Waals surface area contributed by atoms with Crippen LogP contribution >= 0.6 is 0 Å². The first-order chi connectivity index (χ1) is 9.83. The average molecular weight is 265 g/mol. The molecule has 1 aromatic carbocycles. The van der Waals surface area contributed by atoms with Crippen LogP contribution in [0.15, 0.2) is 48.0 Å². The molecule has 2 nitrogen and oxygen atoms in total. The third-order valence-electron chi connectivity index (χ3n) is 3.90. The van der Waals surface area contributed by atoms with E-state index in [1.165, 1.54) is 12.8 Å². The molecular formula is C18H19NO. The van der Waals surface area contributed by atoms with Gasteiger partial charge in [0.25, 0.3) is 0 Å². The van der Waals surface area contributed by atoms with Gasteiger partial charge in [0.2, 0.25) is 0 Å². The molecule has 0 radical (unpaired) electrons. The minimum Gasteiger partial charge on any atom is -0.294 e. The molecule has 0 N–H and O–H groups in total. The summed E-state index contributed by atoms with van der Waals surface area (Å²) in [6.45, 7) is 0. The number of carbonyl (C=O) groups excluding carboxylic acids is 1. The Morgan fingerprint density at radius 2 is 1.95 bits per heavy atom. The van der Waals surface area contributed by atoms with Crippen molar-refractivity contribution in [3.63, 3.8) is 0 Å². The lowest BCUT2D eigenvalue weighted by atomic mass is 10.0. The summed E-state index contributed by atoms with van der Waals surface area (Å²) in [4.78, 5) is 16.9. The minimum atomic E-state index is 0.245. The molecule has 102 valence electrons. The van der Waals surface area contributed by atoms with Gasteiger partial charge in [0.15, 0.2) is 5.78 Å². The van der Waals surface area contributed by atoms with Crippen LogP contribution in [0.1, 0.15) is 37.8 Å². The molecule has 0 fully saturated rings. The van der Waals surface area contributed by atoms with Crippen molar-refractivity contribution in [2.24, 2.45) is 0 Å². The van der Waals surface area contributed by atoms with Crippen molar-refractivity contribution in [1.29, 1.82) is 0 Å². The van der Waals surface area contributed by atoms with Gasteiger partial charge in [0.1, 0.15) is 0 Å². The molecule has 1 aromatic heterocycles. The van der Waals surface area contributed by atoms with E-state index in [1.807, 2.05) is 36.4 Å². The normalized spacial score (nSPS) is 15.7. The zero-order valence-corrected chi connectivity index (χ0v) is 11.6. The summed E-state index contributed by atoms with van der Waals surface area (Å²) in [7, 11) is 0. The van der Waals surface area contributed by atoms with Gasteiger partial charge in [-0.15, -0.1) is 0 Å². The number of benzene rings is 1. The van der Waals surface area contributed by atoms with Crippen molar-refractivity contribution in [3.8, 4) is 0 Å². The predicted octanol–water partition coefficient (Wildman–Crippen LogP) is 4.24. The van der Waals surface area contributed by atoms with E-state index in [4.69, 9.17) is 0 Å². The lowest BCUT2D eigenvalue weighted by molar-refractivity contribution is -0.115. The Balaban J connectivity index is 1.78. The highest BCUT2D eigenvalue weighted by Crippen LogP contribution is 2.19. The van der Waals surface area contributed by atoms with Crippen molar-refractivity contribution in [1.82, 2.24) is 4.98 Å². The number of hydrogen-bond donors (Lipinski definition) is 0. The van der Waals surface area contributed by atoms with Crippen LogP contribution in [0, 0.1) is 0 Å². The fourth-order valence-corrected chi connectivity index (χ4v) is 2.75. The molecule has 2 heteroatoms. The van der Waals surface area contributed by atoms with E-state index in [1.54, 1.807) is 0 Å². The summed E-state index contributed by atoms with van der Waals surface area (Å²) in [6.07, 6.45) is 8.14. The summed E-state index contributed by atoms with van der Waals surface area (Å²) in [5.74, 6) is 0.245. The Labute approximate surface area is 119 Å². The molecule has 3 rings (SSSR count). The lowest BCUT2D eigenvalue weighted by Gasteiger charge is -2.05. The number of aromatic nitrogens is 1. The van der Waals surface area contributed by atoms with E-state index >= 15 is 0 Å². The van der Waals surface area contributed by atoms with E-state index in [-0.39, 0.29) is 5.78 Å².